The minimum absolute atomic E-state index is 0.0584. The molecule has 2 atom stereocenters. The molecule has 0 spiro atoms. The van der Waals surface area contributed by atoms with E-state index in [4.69, 9.17) is 14.6 Å². The lowest BCUT2D eigenvalue weighted by atomic mass is 9.98. The van der Waals surface area contributed by atoms with Crippen molar-refractivity contribution >= 4 is 18.0 Å². The number of hydrogen-bond acceptors (Lipinski definition) is 5. The van der Waals surface area contributed by atoms with Crippen LogP contribution < -0.4 is 10.6 Å². The number of nitrogens with one attached hydrogen (secondary N) is 2. The van der Waals surface area contributed by atoms with Gasteiger partial charge in [0.2, 0.25) is 5.91 Å². The number of alkyl carbamates (subject to hydrolysis) is 1. The van der Waals surface area contributed by atoms with Gasteiger partial charge in [0.15, 0.2) is 0 Å². The van der Waals surface area contributed by atoms with Gasteiger partial charge in [0.05, 0.1) is 19.6 Å². The molecule has 0 heterocycles. The Morgan fingerprint density at radius 2 is 1.62 bits per heavy atom. The Kier molecular flexibility index (Phi) is 9.04. The Morgan fingerprint density at radius 1 is 1.00 bits per heavy atom. The first kappa shape index (κ1) is 25.2. The van der Waals surface area contributed by atoms with Gasteiger partial charge in [-0.2, -0.15) is 0 Å². The molecular formula is C26H32N2O6. The van der Waals surface area contributed by atoms with Gasteiger partial charge in [-0.1, -0.05) is 68.8 Å². The minimum Gasteiger partial charge on any atom is -0.481 e. The van der Waals surface area contributed by atoms with Crippen molar-refractivity contribution in [3.8, 4) is 11.1 Å². The zero-order valence-electron chi connectivity index (χ0n) is 19.6. The van der Waals surface area contributed by atoms with Gasteiger partial charge in [0.1, 0.15) is 12.6 Å². The number of carbonyl (C=O) groups is 3. The van der Waals surface area contributed by atoms with E-state index in [0.717, 1.165) is 22.3 Å². The summed E-state index contributed by atoms with van der Waals surface area (Å²) in [6, 6.07) is 15.4. The largest absolute Gasteiger partial charge is 0.481 e. The van der Waals surface area contributed by atoms with Crippen molar-refractivity contribution in [3.05, 3.63) is 59.7 Å². The first-order valence-corrected chi connectivity index (χ1v) is 11.6. The van der Waals surface area contributed by atoms with Crippen molar-refractivity contribution in [2.45, 2.75) is 38.6 Å². The van der Waals surface area contributed by atoms with E-state index in [1.807, 2.05) is 38.1 Å². The second-order valence-corrected chi connectivity index (χ2v) is 8.38. The fourth-order valence-electron chi connectivity index (χ4n) is 4.09. The monoisotopic (exact) mass is 468 g/mol. The van der Waals surface area contributed by atoms with Crippen molar-refractivity contribution in [1.29, 1.82) is 0 Å². The quantitative estimate of drug-likeness (QED) is 0.411. The molecule has 0 fully saturated rings. The van der Waals surface area contributed by atoms with Crippen LogP contribution in [-0.2, 0) is 19.1 Å². The number of fused-ring (bicyclic) bond motifs is 3. The molecule has 34 heavy (non-hydrogen) atoms. The molecule has 1 aliphatic rings. The van der Waals surface area contributed by atoms with Crippen LogP contribution in [0.2, 0.25) is 0 Å². The summed E-state index contributed by atoms with van der Waals surface area (Å²) >= 11 is 0. The lowest BCUT2D eigenvalue weighted by molar-refractivity contribution is -0.138. The Labute approximate surface area is 199 Å². The van der Waals surface area contributed by atoms with Crippen molar-refractivity contribution in [2.24, 2.45) is 5.92 Å². The number of carboxylic acid groups (broad SMARTS) is 1. The Balaban J connectivity index is 1.54. The summed E-state index contributed by atoms with van der Waals surface area (Å²) in [6.45, 7) is 4.50. The van der Waals surface area contributed by atoms with Gasteiger partial charge in [-0.25, -0.2) is 4.79 Å². The summed E-state index contributed by atoms with van der Waals surface area (Å²) < 4.78 is 10.8. The highest BCUT2D eigenvalue weighted by Gasteiger charge is 2.30. The zero-order chi connectivity index (χ0) is 24.5. The van der Waals surface area contributed by atoms with Crippen molar-refractivity contribution in [1.82, 2.24) is 10.6 Å². The van der Waals surface area contributed by atoms with Gasteiger partial charge in [-0.15, -0.1) is 0 Å². The molecule has 2 aromatic rings. The van der Waals surface area contributed by atoms with Gasteiger partial charge in [-0.05, 0) is 28.2 Å². The van der Waals surface area contributed by atoms with Crippen LogP contribution in [0.4, 0.5) is 4.79 Å². The molecule has 8 heteroatoms. The first-order valence-electron chi connectivity index (χ1n) is 11.6. The Hall–Kier alpha value is -3.39. The number of benzene rings is 2. The summed E-state index contributed by atoms with van der Waals surface area (Å²) in [4.78, 5) is 35.8. The first-order chi connectivity index (χ1) is 16.4. The van der Waals surface area contributed by atoms with Gasteiger partial charge in [0, 0.05) is 12.5 Å². The topological polar surface area (TPSA) is 114 Å². The fourth-order valence-corrected chi connectivity index (χ4v) is 4.09. The maximum atomic E-state index is 12.7. The number of carbonyl (C=O) groups excluding carboxylic acids is 2. The SMILES string of the molecule is CCC(C)[C@H](NC(=O)OCC1c2ccccc2-c2ccccc21)C(=O)NCCOCCC(=O)O. The Morgan fingerprint density at radius 3 is 2.21 bits per heavy atom. The molecule has 182 valence electrons. The third-order valence-electron chi connectivity index (χ3n) is 6.12. The lowest BCUT2D eigenvalue weighted by Gasteiger charge is -2.24. The van der Waals surface area contributed by atoms with Crippen molar-refractivity contribution in [3.63, 3.8) is 0 Å². The second-order valence-electron chi connectivity index (χ2n) is 8.38. The van der Waals surface area contributed by atoms with Crippen molar-refractivity contribution in [2.75, 3.05) is 26.4 Å². The Bertz CT molecular complexity index is 963. The van der Waals surface area contributed by atoms with Gasteiger partial charge < -0.3 is 25.2 Å². The van der Waals surface area contributed by atoms with Crippen LogP contribution in [0.3, 0.4) is 0 Å². The third-order valence-corrected chi connectivity index (χ3v) is 6.12. The highest BCUT2D eigenvalue weighted by atomic mass is 16.5. The summed E-state index contributed by atoms with van der Waals surface area (Å²) in [5, 5.41) is 14.1. The molecule has 0 bridgehead atoms. The molecule has 8 nitrogen and oxygen atoms in total. The van der Waals surface area contributed by atoms with Gasteiger partial charge in [-0.3, -0.25) is 9.59 Å². The van der Waals surface area contributed by atoms with E-state index in [9.17, 15) is 14.4 Å². The predicted molar refractivity (Wildman–Crippen MR) is 128 cm³/mol. The molecule has 0 aliphatic heterocycles. The average molecular weight is 469 g/mol. The summed E-state index contributed by atoms with van der Waals surface area (Å²) in [7, 11) is 0. The molecule has 2 amide bonds. The van der Waals surface area contributed by atoms with Crippen LogP contribution in [0.25, 0.3) is 11.1 Å². The third kappa shape index (κ3) is 6.35. The van der Waals surface area contributed by atoms with E-state index in [1.54, 1.807) is 0 Å². The zero-order valence-corrected chi connectivity index (χ0v) is 19.6. The maximum absolute atomic E-state index is 12.7. The number of carboxylic acids is 1. The van der Waals surface area contributed by atoms with Crippen LogP contribution >= 0.6 is 0 Å². The smallest absolute Gasteiger partial charge is 0.407 e. The van der Waals surface area contributed by atoms with E-state index in [0.29, 0.717) is 6.42 Å². The van der Waals surface area contributed by atoms with Crippen molar-refractivity contribution < 1.29 is 29.0 Å². The molecule has 0 saturated heterocycles. The van der Waals surface area contributed by atoms with E-state index in [1.165, 1.54) is 0 Å². The molecule has 0 radical (unpaired) electrons. The molecule has 1 aliphatic carbocycles. The number of ether oxygens (including phenoxy) is 2. The van der Waals surface area contributed by atoms with Crippen LogP contribution in [0.15, 0.2) is 48.5 Å². The van der Waals surface area contributed by atoms with Gasteiger partial charge in [0.25, 0.3) is 0 Å². The van der Waals surface area contributed by atoms with Crippen LogP contribution in [0, 0.1) is 5.92 Å². The van der Waals surface area contributed by atoms with Crippen LogP contribution in [-0.4, -0.2) is 55.5 Å². The number of amides is 2. The highest BCUT2D eigenvalue weighted by molar-refractivity contribution is 5.86. The number of rotatable bonds is 12. The van der Waals surface area contributed by atoms with Crippen LogP contribution in [0.5, 0.6) is 0 Å². The summed E-state index contributed by atoms with van der Waals surface area (Å²) in [6.07, 6.45) is -0.0380. The van der Waals surface area contributed by atoms with Crippen LogP contribution in [0.1, 0.15) is 43.7 Å². The van der Waals surface area contributed by atoms with E-state index >= 15 is 0 Å². The minimum atomic E-state index is -0.937. The molecular weight excluding hydrogens is 436 g/mol. The lowest BCUT2D eigenvalue weighted by Crippen LogP contribution is -2.51. The van der Waals surface area contributed by atoms with E-state index in [-0.39, 0.29) is 50.5 Å². The molecule has 0 saturated carbocycles. The molecule has 3 N–H and O–H groups in total. The van der Waals surface area contributed by atoms with E-state index in [2.05, 4.69) is 34.9 Å². The standard InChI is InChI=1S/C26H32N2O6/c1-3-17(2)24(25(31)27-13-15-33-14-12-23(29)30)28-26(32)34-16-22-20-10-6-4-8-18(20)19-9-5-7-11-21(19)22/h4-11,17,22,24H,3,12-16H2,1-2H3,(H,27,31)(H,28,32)(H,29,30)/t17?,24-/m0/s1. The number of aliphatic carboxylic acids is 1. The fraction of sp³-hybridized carbons (Fsp3) is 0.423. The van der Waals surface area contributed by atoms with E-state index < -0.39 is 18.1 Å². The summed E-state index contributed by atoms with van der Waals surface area (Å²) in [5.74, 6) is -1.43. The normalized spacial score (nSPS) is 13.9. The maximum Gasteiger partial charge on any atom is 0.407 e. The second kappa shape index (κ2) is 12.2. The molecule has 0 aromatic heterocycles. The molecule has 1 unspecified atom stereocenters. The molecule has 3 rings (SSSR count). The summed E-state index contributed by atoms with van der Waals surface area (Å²) in [5.41, 5.74) is 4.54. The molecule has 2 aromatic carbocycles. The van der Waals surface area contributed by atoms with Gasteiger partial charge >= 0.3 is 12.1 Å². The highest BCUT2D eigenvalue weighted by Crippen LogP contribution is 2.44. The predicted octanol–water partition coefficient (Wildman–Crippen LogP) is 3.55. The average Bonchev–Trinajstić information content (AvgIpc) is 3.16. The number of hydrogen-bond donors (Lipinski definition) is 3.